The number of benzene rings is 2. The van der Waals surface area contributed by atoms with E-state index >= 15 is 0 Å². The summed E-state index contributed by atoms with van der Waals surface area (Å²) in [5.41, 5.74) is 1.87. The van der Waals surface area contributed by atoms with Crippen molar-refractivity contribution in [2.75, 3.05) is 13.7 Å². The summed E-state index contributed by atoms with van der Waals surface area (Å²) in [4.78, 5) is 24.1. The van der Waals surface area contributed by atoms with Crippen LogP contribution in [0, 0.1) is 5.92 Å². The zero-order chi connectivity index (χ0) is 21.9. The van der Waals surface area contributed by atoms with Gasteiger partial charge in [-0.1, -0.05) is 50.2 Å². The van der Waals surface area contributed by atoms with Gasteiger partial charge in [-0.15, -0.1) is 0 Å². The van der Waals surface area contributed by atoms with Crippen molar-refractivity contribution >= 4 is 17.9 Å². The first-order valence-corrected chi connectivity index (χ1v) is 10.0. The molecule has 0 bridgehead atoms. The van der Waals surface area contributed by atoms with Crippen LogP contribution in [0.5, 0.6) is 11.5 Å². The number of carbonyl (C=O) groups excluding carboxylic acids is 2. The molecule has 2 N–H and O–H groups in total. The SMILES string of the molecule is COc1cc(CNC(=O)/C(=C/c2ccccc2)NC(C)=O)ccc1OCCC(C)C. The van der Waals surface area contributed by atoms with Gasteiger partial charge in [0.25, 0.3) is 5.91 Å². The van der Waals surface area contributed by atoms with Gasteiger partial charge in [0.15, 0.2) is 11.5 Å². The van der Waals surface area contributed by atoms with E-state index in [9.17, 15) is 9.59 Å². The van der Waals surface area contributed by atoms with E-state index in [0.29, 0.717) is 24.0 Å². The smallest absolute Gasteiger partial charge is 0.268 e. The highest BCUT2D eigenvalue weighted by Gasteiger charge is 2.12. The summed E-state index contributed by atoms with van der Waals surface area (Å²) in [6, 6.07) is 14.9. The molecule has 2 amide bonds. The fourth-order valence-corrected chi connectivity index (χ4v) is 2.69. The van der Waals surface area contributed by atoms with Gasteiger partial charge in [0, 0.05) is 13.5 Å². The fourth-order valence-electron chi connectivity index (χ4n) is 2.69. The Hall–Kier alpha value is -3.28. The largest absolute Gasteiger partial charge is 0.493 e. The highest BCUT2D eigenvalue weighted by molar-refractivity contribution is 6.00. The van der Waals surface area contributed by atoms with Crippen LogP contribution in [-0.2, 0) is 16.1 Å². The van der Waals surface area contributed by atoms with Crippen molar-refractivity contribution in [3.63, 3.8) is 0 Å². The Kier molecular flexibility index (Phi) is 8.94. The third kappa shape index (κ3) is 7.62. The van der Waals surface area contributed by atoms with Crippen LogP contribution in [0.4, 0.5) is 0 Å². The number of hydrogen-bond acceptors (Lipinski definition) is 4. The van der Waals surface area contributed by atoms with Crippen LogP contribution in [0.2, 0.25) is 0 Å². The first kappa shape index (κ1) is 23.0. The number of nitrogens with one attached hydrogen (secondary N) is 2. The van der Waals surface area contributed by atoms with Gasteiger partial charge in [0.05, 0.1) is 13.7 Å². The van der Waals surface area contributed by atoms with E-state index in [2.05, 4.69) is 24.5 Å². The quantitative estimate of drug-likeness (QED) is 0.582. The van der Waals surface area contributed by atoms with Gasteiger partial charge in [-0.2, -0.15) is 0 Å². The number of hydrogen-bond donors (Lipinski definition) is 2. The zero-order valence-electron chi connectivity index (χ0n) is 18.0. The molecule has 0 unspecified atom stereocenters. The van der Waals surface area contributed by atoms with E-state index in [0.717, 1.165) is 17.5 Å². The van der Waals surface area contributed by atoms with Crippen molar-refractivity contribution < 1.29 is 19.1 Å². The van der Waals surface area contributed by atoms with Crippen LogP contribution in [0.15, 0.2) is 54.2 Å². The Balaban J connectivity index is 2.05. The summed E-state index contributed by atoms with van der Waals surface area (Å²) in [6.07, 6.45) is 2.60. The predicted molar refractivity (Wildman–Crippen MR) is 118 cm³/mol. The molecule has 2 rings (SSSR count). The summed E-state index contributed by atoms with van der Waals surface area (Å²) in [7, 11) is 1.59. The molecule has 0 aliphatic carbocycles. The normalized spacial score (nSPS) is 11.2. The van der Waals surface area contributed by atoms with Gasteiger partial charge in [-0.25, -0.2) is 0 Å². The summed E-state index contributed by atoms with van der Waals surface area (Å²) >= 11 is 0. The number of carbonyl (C=O) groups is 2. The maximum absolute atomic E-state index is 12.6. The molecule has 0 saturated heterocycles. The first-order chi connectivity index (χ1) is 14.4. The molecule has 0 spiro atoms. The third-order valence-electron chi connectivity index (χ3n) is 4.30. The molecule has 0 aliphatic heterocycles. The van der Waals surface area contributed by atoms with E-state index in [-0.39, 0.29) is 24.1 Å². The van der Waals surface area contributed by atoms with Crippen molar-refractivity contribution in [3.8, 4) is 11.5 Å². The van der Waals surface area contributed by atoms with E-state index in [4.69, 9.17) is 9.47 Å². The Morgan fingerprint density at radius 3 is 2.43 bits per heavy atom. The molecule has 0 radical (unpaired) electrons. The molecule has 160 valence electrons. The van der Waals surface area contributed by atoms with Gasteiger partial charge < -0.3 is 20.1 Å². The molecule has 2 aromatic rings. The first-order valence-electron chi connectivity index (χ1n) is 10.0. The standard InChI is InChI=1S/C24H30N2O4/c1-17(2)12-13-30-22-11-10-20(15-23(22)29-4)16-25-24(28)21(26-18(3)27)14-19-8-6-5-7-9-19/h5-11,14-15,17H,12-13,16H2,1-4H3,(H,25,28)(H,26,27)/b21-14-. The van der Waals surface area contributed by atoms with Crippen molar-refractivity contribution in [2.45, 2.75) is 33.7 Å². The topological polar surface area (TPSA) is 76.7 Å². The van der Waals surface area contributed by atoms with Crippen LogP contribution < -0.4 is 20.1 Å². The molecule has 2 aromatic carbocycles. The van der Waals surface area contributed by atoms with Gasteiger partial charge >= 0.3 is 0 Å². The maximum atomic E-state index is 12.6. The molecule has 0 aliphatic rings. The summed E-state index contributed by atoms with van der Waals surface area (Å²) in [6.45, 7) is 6.57. The minimum absolute atomic E-state index is 0.189. The number of rotatable bonds is 10. The summed E-state index contributed by atoms with van der Waals surface area (Å²) in [5, 5.41) is 5.43. The average molecular weight is 411 g/mol. The molecule has 6 nitrogen and oxygen atoms in total. The molecule has 6 heteroatoms. The van der Waals surface area contributed by atoms with E-state index in [1.54, 1.807) is 13.2 Å². The number of amides is 2. The second-order valence-corrected chi connectivity index (χ2v) is 7.35. The third-order valence-corrected chi connectivity index (χ3v) is 4.30. The van der Waals surface area contributed by atoms with Gasteiger partial charge in [0.1, 0.15) is 5.70 Å². The molecule has 0 atom stereocenters. The molecule has 0 fully saturated rings. The summed E-state index contributed by atoms with van der Waals surface area (Å²) in [5.74, 6) is 1.18. The van der Waals surface area contributed by atoms with Gasteiger partial charge in [0.2, 0.25) is 5.91 Å². The molecule has 0 aromatic heterocycles. The van der Waals surface area contributed by atoms with Crippen LogP contribution >= 0.6 is 0 Å². The summed E-state index contributed by atoms with van der Waals surface area (Å²) < 4.78 is 11.2. The van der Waals surface area contributed by atoms with E-state index in [1.165, 1.54) is 6.92 Å². The van der Waals surface area contributed by atoms with Crippen molar-refractivity contribution in [1.29, 1.82) is 0 Å². The van der Waals surface area contributed by atoms with Crippen molar-refractivity contribution in [3.05, 3.63) is 65.4 Å². The van der Waals surface area contributed by atoms with Crippen LogP contribution in [0.3, 0.4) is 0 Å². The molecular formula is C24H30N2O4. The van der Waals surface area contributed by atoms with Crippen molar-refractivity contribution in [2.24, 2.45) is 5.92 Å². The average Bonchev–Trinajstić information content (AvgIpc) is 2.72. The Morgan fingerprint density at radius 2 is 1.80 bits per heavy atom. The Bertz CT molecular complexity index is 876. The fraction of sp³-hybridized carbons (Fsp3) is 0.333. The predicted octanol–water partition coefficient (Wildman–Crippen LogP) is 3.91. The number of methoxy groups -OCH3 is 1. The zero-order valence-corrected chi connectivity index (χ0v) is 18.0. The maximum Gasteiger partial charge on any atom is 0.268 e. The highest BCUT2D eigenvalue weighted by Crippen LogP contribution is 2.28. The minimum Gasteiger partial charge on any atom is -0.493 e. The lowest BCUT2D eigenvalue weighted by molar-refractivity contribution is -0.122. The van der Waals surface area contributed by atoms with Crippen molar-refractivity contribution in [1.82, 2.24) is 10.6 Å². The minimum atomic E-state index is -0.370. The second-order valence-electron chi connectivity index (χ2n) is 7.35. The molecule has 0 saturated carbocycles. The molecular weight excluding hydrogens is 380 g/mol. The van der Waals surface area contributed by atoms with Crippen LogP contribution in [0.1, 0.15) is 38.3 Å². The molecule has 30 heavy (non-hydrogen) atoms. The second kappa shape index (κ2) is 11.7. The monoisotopic (exact) mass is 410 g/mol. The van der Waals surface area contributed by atoms with Crippen LogP contribution in [-0.4, -0.2) is 25.5 Å². The van der Waals surface area contributed by atoms with Gasteiger partial charge in [-0.3, -0.25) is 9.59 Å². The lowest BCUT2D eigenvalue weighted by Gasteiger charge is -2.14. The Labute approximate surface area is 178 Å². The lowest BCUT2D eigenvalue weighted by atomic mass is 10.1. The highest BCUT2D eigenvalue weighted by atomic mass is 16.5. The Morgan fingerprint density at radius 1 is 1.07 bits per heavy atom. The number of ether oxygens (including phenoxy) is 2. The van der Waals surface area contributed by atoms with E-state index in [1.807, 2.05) is 48.5 Å². The van der Waals surface area contributed by atoms with Gasteiger partial charge in [-0.05, 0) is 41.7 Å². The van der Waals surface area contributed by atoms with Crippen LogP contribution in [0.25, 0.3) is 6.08 Å². The lowest BCUT2D eigenvalue weighted by Crippen LogP contribution is -2.33. The molecule has 0 heterocycles. The van der Waals surface area contributed by atoms with E-state index < -0.39 is 0 Å².